The molecule has 2 aliphatic heterocycles. The second kappa shape index (κ2) is 6.04. The minimum Gasteiger partial charge on any atom is -0.335 e. The maximum atomic E-state index is 13.1. The highest BCUT2D eigenvalue weighted by Crippen LogP contribution is 2.46. The molecule has 6 nitrogen and oxygen atoms in total. The number of aryl methyl sites for hydroxylation is 1. The number of nitrogens with zero attached hydrogens (tertiary/aromatic N) is 3. The molecule has 28 heavy (non-hydrogen) atoms. The molecule has 5 rings (SSSR count). The standard InChI is InChI=1S/C21H19N3O3S/c1-23-18(9-10-22-23)21(25)24-12-17-16-11-15(14-5-3-2-4-6-14)7-8-19(16)28(26,27)20(17)13-24/h2-11,17,20H,12-13H2,1H3/t17-,20+/m0/s1. The zero-order chi connectivity index (χ0) is 19.5. The predicted molar refractivity (Wildman–Crippen MR) is 105 cm³/mol. The first-order valence-electron chi connectivity index (χ1n) is 9.17. The third-order valence-electron chi connectivity index (χ3n) is 5.81. The summed E-state index contributed by atoms with van der Waals surface area (Å²) in [5.74, 6) is -0.369. The first-order chi connectivity index (χ1) is 13.5. The van der Waals surface area contributed by atoms with Gasteiger partial charge in [0.1, 0.15) is 5.69 Å². The van der Waals surface area contributed by atoms with E-state index in [4.69, 9.17) is 0 Å². The molecular weight excluding hydrogens is 374 g/mol. The van der Waals surface area contributed by atoms with Crippen molar-refractivity contribution in [1.29, 1.82) is 0 Å². The van der Waals surface area contributed by atoms with Gasteiger partial charge < -0.3 is 4.90 Å². The van der Waals surface area contributed by atoms with Crippen LogP contribution in [0.5, 0.6) is 0 Å². The highest BCUT2D eigenvalue weighted by Gasteiger charge is 2.51. The maximum Gasteiger partial charge on any atom is 0.272 e. The molecule has 0 unspecified atom stereocenters. The van der Waals surface area contributed by atoms with Crippen LogP contribution < -0.4 is 0 Å². The monoisotopic (exact) mass is 393 g/mol. The molecule has 0 bridgehead atoms. The second-order valence-corrected chi connectivity index (χ2v) is 9.49. The molecule has 0 aliphatic carbocycles. The number of hydrogen-bond acceptors (Lipinski definition) is 4. The van der Waals surface area contributed by atoms with E-state index in [0.717, 1.165) is 16.7 Å². The van der Waals surface area contributed by atoms with Crippen molar-refractivity contribution in [3.63, 3.8) is 0 Å². The van der Waals surface area contributed by atoms with Gasteiger partial charge in [0.25, 0.3) is 5.91 Å². The molecule has 3 heterocycles. The highest BCUT2D eigenvalue weighted by molar-refractivity contribution is 7.92. The summed E-state index contributed by atoms with van der Waals surface area (Å²) in [6.45, 7) is 0.617. The van der Waals surface area contributed by atoms with Gasteiger partial charge in [0.05, 0.1) is 10.1 Å². The quantitative estimate of drug-likeness (QED) is 0.671. The zero-order valence-electron chi connectivity index (χ0n) is 15.3. The minimum absolute atomic E-state index is 0.176. The number of aromatic nitrogens is 2. The first-order valence-corrected chi connectivity index (χ1v) is 10.7. The second-order valence-electron chi connectivity index (χ2n) is 7.36. The molecule has 142 valence electrons. The van der Waals surface area contributed by atoms with Crippen LogP contribution >= 0.6 is 0 Å². The smallest absolute Gasteiger partial charge is 0.272 e. The van der Waals surface area contributed by atoms with Crippen molar-refractivity contribution in [2.24, 2.45) is 7.05 Å². The van der Waals surface area contributed by atoms with E-state index in [-0.39, 0.29) is 18.4 Å². The molecule has 0 spiro atoms. The van der Waals surface area contributed by atoms with Crippen LogP contribution in [0.15, 0.2) is 65.7 Å². The molecular formula is C21H19N3O3S. The number of rotatable bonds is 2. The fourth-order valence-corrected chi connectivity index (χ4v) is 6.53. The van der Waals surface area contributed by atoms with Gasteiger partial charge in [-0.3, -0.25) is 9.48 Å². The lowest BCUT2D eigenvalue weighted by molar-refractivity contribution is 0.0780. The zero-order valence-corrected chi connectivity index (χ0v) is 16.1. The van der Waals surface area contributed by atoms with Gasteiger partial charge in [-0.2, -0.15) is 5.10 Å². The van der Waals surface area contributed by atoms with Crippen LogP contribution in [-0.2, 0) is 16.9 Å². The molecule has 0 N–H and O–H groups in total. The minimum atomic E-state index is -3.44. The van der Waals surface area contributed by atoms with E-state index in [2.05, 4.69) is 5.10 Å². The maximum absolute atomic E-state index is 13.1. The Balaban J connectivity index is 1.53. The summed E-state index contributed by atoms with van der Waals surface area (Å²) >= 11 is 0. The summed E-state index contributed by atoms with van der Waals surface area (Å²) in [7, 11) is -1.73. The van der Waals surface area contributed by atoms with Crippen LogP contribution in [0.3, 0.4) is 0 Å². The summed E-state index contributed by atoms with van der Waals surface area (Å²) < 4.78 is 27.7. The first kappa shape index (κ1) is 17.2. The van der Waals surface area contributed by atoms with Gasteiger partial charge in [-0.1, -0.05) is 36.4 Å². The Morgan fingerprint density at radius 3 is 2.54 bits per heavy atom. The molecule has 1 saturated heterocycles. The Labute approximate surface area is 163 Å². The molecule has 2 aromatic carbocycles. The van der Waals surface area contributed by atoms with Crippen LogP contribution in [0.4, 0.5) is 0 Å². The number of hydrogen-bond donors (Lipinski definition) is 0. The van der Waals surface area contributed by atoms with Crippen molar-refractivity contribution in [2.45, 2.75) is 16.1 Å². The topological polar surface area (TPSA) is 72.3 Å². The molecule has 3 aromatic rings. The predicted octanol–water partition coefficient (Wildman–Crippen LogP) is 2.48. The fraction of sp³-hybridized carbons (Fsp3) is 0.238. The third-order valence-corrected chi connectivity index (χ3v) is 8.07. The summed E-state index contributed by atoms with van der Waals surface area (Å²) in [6, 6.07) is 17.1. The van der Waals surface area contributed by atoms with E-state index in [9.17, 15) is 13.2 Å². The largest absolute Gasteiger partial charge is 0.335 e. The highest BCUT2D eigenvalue weighted by atomic mass is 32.2. The van der Waals surface area contributed by atoms with Crippen molar-refractivity contribution >= 4 is 15.7 Å². The van der Waals surface area contributed by atoms with Crippen molar-refractivity contribution < 1.29 is 13.2 Å². The number of carbonyl (C=O) groups is 1. The summed E-state index contributed by atoms with van der Waals surface area (Å²) in [5, 5.41) is 3.46. The van der Waals surface area contributed by atoms with Gasteiger partial charge in [0, 0.05) is 32.3 Å². The van der Waals surface area contributed by atoms with E-state index >= 15 is 0 Å². The van der Waals surface area contributed by atoms with E-state index < -0.39 is 15.1 Å². The number of carbonyl (C=O) groups excluding carboxylic acids is 1. The van der Waals surface area contributed by atoms with Crippen molar-refractivity contribution in [3.8, 4) is 11.1 Å². The van der Waals surface area contributed by atoms with Gasteiger partial charge in [-0.15, -0.1) is 0 Å². The molecule has 2 atom stereocenters. The molecule has 2 aliphatic rings. The average Bonchev–Trinajstić information content (AvgIpc) is 3.38. The molecule has 1 fully saturated rings. The molecule has 7 heteroatoms. The Morgan fingerprint density at radius 2 is 1.82 bits per heavy atom. The van der Waals surface area contributed by atoms with Gasteiger partial charge >= 0.3 is 0 Å². The average molecular weight is 393 g/mol. The SMILES string of the molecule is Cn1nccc1C(=O)N1C[C@@H]2[C@@H](C1)c1cc(-c3ccccc3)ccc1S2(=O)=O. The van der Waals surface area contributed by atoms with Crippen molar-refractivity contribution in [2.75, 3.05) is 13.1 Å². The number of sulfone groups is 1. The molecule has 1 amide bonds. The number of amides is 1. The van der Waals surface area contributed by atoms with Crippen LogP contribution in [-0.4, -0.2) is 47.3 Å². The number of likely N-dealkylation sites (tertiary alicyclic amines) is 1. The molecule has 0 radical (unpaired) electrons. The van der Waals surface area contributed by atoms with Crippen molar-refractivity contribution in [3.05, 3.63) is 72.1 Å². The lowest BCUT2D eigenvalue weighted by atomic mass is 9.94. The fourth-order valence-electron chi connectivity index (χ4n) is 4.37. The third kappa shape index (κ3) is 2.43. The Bertz CT molecular complexity index is 1180. The lowest BCUT2D eigenvalue weighted by Crippen LogP contribution is -2.32. The van der Waals surface area contributed by atoms with Crippen LogP contribution in [0.2, 0.25) is 0 Å². The van der Waals surface area contributed by atoms with E-state index in [1.54, 1.807) is 30.3 Å². The number of benzene rings is 2. The molecule has 1 aromatic heterocycles. The van der Waals surface area contributed by atoms with Gasteiger partial charge in [0.15, 0.2) is 9.84 Å². The van der Waals surface area contributed by atoms with Gasteiger partial charge in [-0.25, -0.2) is 8.42 Å². The van der Waals surface area contributed by atoms with Crippen LogP contribution in [0.1, 0.15) is 22.0 Å². The molecule has 0 saturated carbocycles. The van der Waals surface area contributed by atoms with Gasteiger partial charge in [-0.05, 0) is 34.9 Å². The summed E-state index contributed by atoms with van der Waals surface area (Å²) in [4.78, 5) is 14.9. The van der Waals surface area contributed by atoms with Crippen LogP contribution in [0, 0.1) is 0 Å². The Morgan fingerprint density at radius 1 is 1.04 bits per heavy atom. The van der Waals surface area contributed by atoms with E-state index in [1.807, 2.05) is 42.5 Å². The lowest BCUT2D eigenvalue weighted by Gasteiger charge is -2.18. The van der Waals surface area contributed by atoms with E-state index in [0.29, 0.717) is 17.1 Å². The summed E-state index contributed by atoms with van der Waals surface area (Å²) in [5.41, 5.74) is 3.33. The normalized spacial score (nSPS) is 22.1. The van der Waals surface area contributed by atoms with Crippen LogP contribution in [0.25, 0.3) is 11.1 Å². The van der Waals surface area contributed by atoms with E-state index in [1.165, 1.54) is 4.68 Å². The number of fused-ring (bicyclic) bond motifs is 3. The summed E-state index contributed by atoms with van der Waals surface area (Å²) in [6.07, 6.45) is 1.57. The van der Waals surface area contributed by atoms with Crippen molar-refractivity contribution in [1.82, 2.24) is 14.7 Å². The Hall–Kier alpha value is -2.93. The Kier molecular flexibility index (Phi) is 3.71. The van der Waals surface area contributed by atoms with Gasteiger partial charge in [0.2, 0.25) is 0 Å².